The van der Waals surface area contributed by atoms with E-state index in [1.54, 1.807) is 19.1 Å². The van der Waals surface area contributed by atoms with Crippen molar-refractivity contribution in [2.24, 2.45) is 0 Å². The van der Waals surface area contributed by atoms with Crippen molar-refractivity contribution >= 4 is 6.09 Å². The van der Waals surface area contributed by atoms with E-state index < -0.39 is 0 Å². The van der Waals surface area contributed by atoms with Crippen molar-refractivity contribution in [3.63, 3.8) is 0 Å². The summed E-state index contributed by atoms with van der Waals surface area (Å²) in [5, 5.41) is 0. The highest BCUT2D eigenvalue weighted by atomic mass is 16.6. The fraction of sp³-hybridized carbons (Fsp3) is 0.929. The molecule has 2 rings (SSSR count). The van der Waals surface area contributed by atoms with Gasteiger partial charge in [-0.25, -0.2) is 4.79 Å². The van der Waals surface area contributed by atoms with Gasteiger partial charge in [0.05, 0.1) is 26.4 Å². The van der Waals surface area contributed by atoms with Gasteiger partial charge in [-0.15, -0.1) is 0 Å². The Balaban J connectivity index is 1.70. The molecule has 21 heavy (non-hydrogen) atoms. The van der Waals surface area contributed by atoms with Crippen LogP contribution in [0.25, 0.3) is 0 Å². The maximum atomic E-state index is 12.0. The lowest BCUT2D eigenvalue weighted by Gasteiger charge is -2.44. The van der Waals surface area contributed by atoms with Gasteiger partial charge < -0.3 is 23.8 Å². The summed E-state index contributed by atoms with van der Waals surface area (Å²) in [5.74, 6) is 0. The molecule has 0 aromatic heterocycles. The Kier molecular flexibility index (Phi) is 6.69. The molecule has 1 unspecified atom stereocenters. The largest absolute Gasteiger partial charge is 0.444 e. The van der Waals surface area contributed by atoms with Gasteiger partial charge in [0.2, 0.25) is 0 Å². The first kappa shape index (κ1) is 16.5. The van der Waals surface area contributed by atoms with E-state index in [1.165, 1.54) is 0 Å². The highest BCUT2D eigenvalue weighted by Crippen LogP contribution is 2.18. The molecule has 1 atom stereocenters. The van der Waals surface area contributed by atoms with Crippen LogP contribution in [0.4, 0.5) is 4.79 Å². The van der Waals surface area contributed by atoms with Crippen molar-refractivity contribution in [1.29, 1.82) is 0 Å². The fourth-order valence-corrected chi connectivity index (χ4v) is 2.55. The number of methoxy groups -OCH3 is 2. The Hall–Kier alpha value is -0.890. The Morgan fingerprint density at radius 2 is 1.90 bits per heavy atom. The summed E-state index contributed by atoms with van der Waals surface area (Å²) in [6.07, 6.45) is 0.506. The van der Waals surface area contributed by atoms with Crippen LogP contribution in [0.1, 0.15) is 6.42 Å². The molecule has 2 fully saturated rings. The number of ether oxygens (including phenoxy) is 4. The van der Waals surface area contributed by atoms with E-state index in [2.05, 4.69) is 4.90 Å². The van der Waals surface area contributed by atoms with Crippen molar-refractivity contribution in [3.05, 3.63) is 0 Å². The number of likely N-dealkylation sites (tertiary alicyclic amines) is 1. The van der Waals surface area contributed by atoms with Gasteiger partial charge >= 0.3 is 6.09 Å². The van der Waals surface area contributed by atoms with Crippen LogP contribution in [0.15, 0.2) is 0 Å². The number of amides is 1. The normalized spacial score (nSPS) is 22.6. The summed E-state index contributed by atoms with van der Waals surface area (Å²) in [6, 6.07) is 0.364. The molecule has 0 aromatic rings. The van der Waals surface area contributed by atoms with Gasteiger partial charge in [0.15, 0.2) is 0 Å². The van der Waals surface area contributed by atoms with Crippen LogP contribution in [0, 0.1) is 0 Å². The highest BCUT2D eigenvalue weighted by molar-refractivity contribution is 5.69. The van der Waals surface area contributed by atoms with Gasteiger partial charge in [-0.1, -0.05) is 0 Å². The summed E-state index contributed by atoms with van der Waals surface area (Å²) < 4.78 is 20.9. The maximum absolute atomic E-state index is 12.0. The van der Waals surface area contributed by atoms with Crippen molar-refractivity contribution < 1.29 is 23.7 Å². The standard InChI is InChI=1S/C14H26N2O5/c1-18-7-4-15(5-8-19-2)12-9-16(10-12)14(17)21-13-3-6-20-11-13/h12-13H,3-11H2,1-2H3. The molecule has 2 saturated heterocycles. The third-order valence-electron chi connectivity index (χ3n) is 3.96. The molecule has 0 saturated carbocycles. The van der Waals surface area contributed by atoms with Crippen LogP contribution >= 0.6 is 0 Å². The van der Waals surface area contributed by atoms with E-state index in [0.717, 1.165) is 19.5 Å². The Morgan fingerprint density at radius 3 is 2.43 bits per heavy atom. The Morgan fingerprint density at radius 1 is 1.24 bits per heavy atom. The summed E-state index contributed by atoms with van der Waals surface area (Å²) in [5.41, 5.74) is 0. The van der Waals surface area contributed by atoms with Gasteiger partial charge in [0.1, 0.15) is 6.10 Å². The Bertz CT molecular complexity index is 308. The lowest BCUT2D eigenvalue weighted by Crippen LogP contribution is -2.62. The van der Waals surface area contributed by atoms with Gasteiger partial charge in [0.25, 0.3) is 0 Å². The molecule has 0 aromatic carbocycles. The maximum Gasteiger partial charge on any atom is 0.410 e. The first-order valence-electron chi connectivity index (χ1n) is 7.49. The first-order chi connectivity index (χ1) is 10.2. The van der Waals surface area contributed by atoms with E-state index in [4.69, 9.17) is 18.9 Å². The number of carbonyl (C=O) groups excluding carboxylic acids is 1. The highest BCUT2D eigenvalue weighted by Gasteiger charge is 2.36. The number of nitrogens with zero attached hydrogens (tertiary/aromatic N) is 2. The fourth-order valence-electron chi connectivity index (χ4n) is 2.55. The summed E-state index contributed by atoms with van der Waals surface area (Å²) in [4.78, 5) is 16.0. The van der Waals surface area contributed by atoms with Crippen LogP contribution in [0.2, 0.25) is 0 Å². The summed E-state index contributed by atoms with van der Waals surface area (Å²) >= 11 is 0. The van der Waals surface area contributed by atoms with Crippen LogP contribution in [-0.4, -0.2) is 94.9 Å². The minimum absolute atomic E-state index is 0.0744. The minimum atomic E-state index is -0.222. The Labute approximate surface area is 126 Å². The molecule has 2 heterocycles. The van der Waals surface area contributed by atoms with E-state index >= 15 is 0 Å². The molecule has 7 heteroatoms. The number of hydrogen-bond donors (Lipinski definition) is 0. The van der Waals surface area contributed by atoms with Crippen LogP contribution in [0.3, 0.4) is 0 Å². The van der Waals surface area contributed by atoms with E-state index in [1.807, 2.05) is 0 Å². The molecule has 7 nitrogen and oxygen atoms in total. The zero-order valence-electron chi connectivity index (χ0n) is 13.0. The molecule has 0 bridgehead atoms. The predicted octanol–water partition coefficient (Wildman–Crippen LogP) is 0.191. The second-order valence-corrected chi connectivity index (χ2v) is 5.45. The predicted molar refractivity (Wildman–Crippen MR) is 76.4 cm³/mol. The van der Waals surface area contributed by atoms with E-state index in [-0.39, 0.29) is 12.2 Å². The van der Waals surface area contributed by atoms with Crippen LogP contribution in [-0.2, 0) is 18.9 Å². The van der Waals surface area contributed by atoms with Gasteiger partial charge in [-0.2, -0.15) is 0 Å². The molecule has 0 spiro atoms. The van der Waals surface area contributed by atoms with Crippen molar-refractivity contribution in [1.82, 2.24) is 9.80 Å². The van der Waals surface area contributed by atoms with Crippen LogP contribution in [0.5, 0.6) is 0 Å². The SMILES string of the molecule is COCCN(CCOC)C1CN(C(=O)OC2CCOC2)C1. The average Bonchev–Trinajstić information content (AvgIpc) is 2.92. The third kappa shape index (κ3) is 4.81. The second-order valence-electron chi connectivity index (χ2n) is 5.45. The zero-order valence-corrected chi connectivity index (χ0v) is 13.0. The monoisotopic (exact) mass is 302 g/mol. The topological polar surface area (TPSA) is 60.5 Å². The van der Waals surface area contributed by atoms with Gasteiger partial charge in [-0.05, 0) is 0 Å². The van der Waals surface area contributed by atoms with E-state index in [0.29, 0.717) is 45.6 Å². The first-order valence-corrected chi connectivity index (χ1v) is 7.49. The second kappa shape index (κ2) is 8.53. The van der Waals surface area contributed by atoms with Crippen molar-refractivity contribution in [3.8, 4) is 0 Å². The molecule has 2 aliphatic rings. The average molecular weight is 302 g/mol. The van der Waals surface area contributed by atoms with E-state index in [9.17, 15) is 4.79 Å². The smallest absolute Gasteiger partial charge is 0.410 e. The third-order valence-corrected chi connectivity index (χ3v) is 3.96. The zero-order chi connectivity index (χ0) is 15.1. The molecule has 0 N–H and O–H groups in total. The molecule has 0 aliphatic carbocycles. The minimum Gasteiger partial charge on any atom is -0.444 e. The van der Waals surface area contributed by atoms with Gasteiger partial charge in [-0.3, -0.25) is 4.90 Å². The van der Waals surface area contributed by atoms with Crippen molar-refractivity contribution in [2.75, 3.05) is 66.8 Å². The molecule has 0 radical (unpaired) electrons. The molecule has 122 valence electrons. The number of hydrogen-bond acceptors (Lipinski definition) is 6. The lowest BCUT2D eigenvalue weighted by molar-refractivity contribution is -0.00895. The number of rotatable bonds is 8. The summed E-state index contributed by atoms with van der Waals surface area (Å²) in [7, 11) is 3.39. The molecule has 1 amide bonds. The summed E-state index contributed by atoms with van der Waals surface area (Å²) in [6.45, 7) is 5.70. The quantitative estimate of drug-likeness (QED) is 0.638. The van der Waals surface area contributed by atoms with Gasteiger partial charge in [0, 0.05) is 52.9 Å². The molecule has 2 aliphatic heterocycles. The van der Waals surface area contributed by atoms with Crippen LogP contribution < -0.4 is 0 Å². The van der Waals surface area contributed by atoms with Crippen molar-refractivity contribution in [2.45, 2.75) is 18.6 Å². The molecular weight excluding hydrogens is 276 g/mol. The molecular formula is C14H26N2O5. The lowest BCUT2D eigenvalue weighted by atomic mass is 10.1. The number of carbonyl (C=O) groups is 1.